The number of nitrogens with zero attached hydrogens (tertiary/aromatic N) is 3. The molecule has 0 spiro atoms. The van der Waals surface area contributed by atoms with Gasteiger partial charge in [-0.25, -0.2) is 4.98 Å². The first-order chi connectivity index (χ1) is 16.1. The monoisotopic (exact) mass is 459 g/mol. The van der Waals surface area contributed by atoms with E-state index < -0.39 is 5.97 Å². The van der Waals surface area contributed by atoms with Crippen LogP contribution in [0.2, 0.25) is 0 Å². The van der Waals surface area contributed by atoms with Crippen LogP contribution in [0, 0.1) is 0 Å². The van der Waals surface area contributed by atoms with E-state index in [-0.39, 0.29) is 6.42 Å². The molecule has 0 saturated carbocycles. The van der Waals surface area contributed by atoms with E-state index in [0.717, 1.165) is 33.0 Å². The minimum absolute atomic E-state index is 0.0542. The molecule has 0 radical (unpaired) electrons. The lowest BCUT2D eigenvalue weighted by Crippen LogP contribution is -2.01. The first-order valence-electron chi connectivity index (χ1n) is 10.8. The van der Waals surface area contributed by atoms with Crippen molar-refractivity contribution in [3.8, 4) is 16.5 Å². The fourth-order valence-corrected chi connectivity index (χ4v) is 4.17. The molecule has 1 N–H and O–H groups in total. The summed E-state index contributed by atoms with van der Waals surface area (Å²) in [6.07, 6.45) is 6.40. The van der Waals surface area contributed by atoms with Crippen molar-refractivity contribution in [3.63, 3.8) is 0 Å². The Morgan fingerprint density at radius 2 is 1.91 bits per heavy atom. The van der Waals surface area contributed by atoms with E-state index in [1.54, 1.807) is 16.0 Å². The standard InChI is InChI=1S/C26H25N3O3S/c1-2-32-25-22(13-15-24(30)31)17-29(28-25)16-20-10-8-19(9-11-20)12-14-23-18-33-26(27-23)21-6-4-3-5-7-21/h3-12,14,17-18H,2,13,15-16H2,1H3,(H,30,31). The Labute approximate surface area is 196 Å². The van der Waals surface area contributed by atoms with Crippen LogP contribution in [-0.2, 0) is 17.8 Å². The lowest BCUT2D eigenvalue weighted by molar-refractivity contribution is -0.136. The molecule has 0 aliphatic heterocycles. The first kappa shape index (κ1) is 22.5. The molecule has 0 saturated heterocycles. The minimum atomic E-state index is -0.831. The van der Waals surface area contributed by atoms with Gasteiger partial charge in [0.2, 0.25) is 5.88 Å². The van der Waals surface area contributed by atoms with Crippen LogP contribution < -0.4 is 4.74 Å². The summed E-state index contributed by atoms with van der Waals surface area (Å²) in [7, 11) is 0. The van der Waals surface area contributed by atoms with Crippen LogP contribution in [0.1, 0.15) is 35.7 Å². The number of hydrogen-bond acceptors (Lipinski definition) is 5. The summed E-state index contributed by atoms with van der Waals surface area (Å²) < 4.78 is 7.37. The molecular weight excluding hydrogens is 434 g/mol. The molecule has 0 fully saturated rings. The Hall–Kier alpha value is -3.71. The van der Waals surface area contributed by atoms with Crippen LogP contribution in [-0.4, -0.2) is 32.4 Å². The second-order valence-corrected chi connectivity index (χ2v) is 8.36. The quantitative estimate of drug-likeness (QED) is 0.332. The third-order valence-corrected chi connectivity index (χ3v) is 5.91. The molecule has 33 heavy (non-hydrogen) atoms. The van der Waals surface area contributed by atoms with Crippen LogP contribution in [0.4, 0.5) is 0 Å². The first-order valence-corrected chi connectivity index (χ1v) is 11.7. The van der Waals surface area contributed by atoms with Crippen LogP contribution >= 0.6 is 11.3 Å². The third kappa shape index (κ3) is 6.17. The molecule has 2 aromatic carbocycles. The number of thiazole rings is 1. The largest absolute Gasteiger partial charge is 0.481 e. The van der Waals surface area contributed by atoms with Gasteiger partial charge < -0.3 is 9.84 Å². The Morgan fingerprint density at radius 1 is 1.12 bits per heavy atom. The van der Waals surface area contributed by atoms with Crippen molar-refractivity contribution in [1.82, 2.24) is 14.8 Å². The van der Waals surface area contributed by atoms with Gasteiger partial charge in [0.05, 0.1) is 18.8 Å². The maximum Gasteiger partial charge on any atom is 0.303 e. The molecular formula is C26H25N3O3S. The molecule has 4 aromatic rings. The molecule has 0 aliphatic carbocycles. The van der Waals surface area contributed by atoms with E-state index >= 15 is 0 Å². The number of benzene rings is 2. The van der Waals surface area contributed by atoms with Crippen LogP contribution in [0.3, 0.4) is 0 Å². The number of carboxylic acid groups (broad SMARTS) is 1. The Morgan fingerprint density at radius 3 is 2.64 bits per heavy atom. The second kappa shape index (κ2) is 10.7. The van der Waals surface area contributed by atoms with Crippen molar-refractivity contribution in [3.05, 3.63) is 88.6 Å². The average molecular weight is 460 g/mol. The van der Waals surface area contributed by atoms with Gasteiger partial charge in [0, 0.05) is 29.1 Å². The molecule has 7 heteroatoms. The number of carbonyl (C=O) groups is 1. The summed E-state index contributed by atoms with van der Waals surface area (Å²) in [5.74, 6) is -0.320. The topological polar surface area (TPSA) is 77.2 Å². The normalized spacial score (nSPS) is 11.2. The second-order valence-electron chi connectivity index (χ2n) is 7.50. The number of ether oxygens (including phenoxy) is 1. The number of aromatic nitrogens is 3. The Kier molecular flexibility index (Phi) is 7.32. The highest BCUT2D eigenvalue weighted by atomic mass is 32.1. The molecule has 168 valence electrons. The molecule has 4 rings (SSSR count). The van der Waals surface area contributed by atoms with E-state index in [2.05, 4.69) is 53.0 Å². The zero-order valence-electron chi connectivity index (χ0n) is 18.3. The summed E-state index contributed by atoms with van der Waals surface area (Å²) in [4.78, 5) is 15.6. The van der Waals surface area contributed by atoms with E-state index in [9.17, 15) is 4.79 Å². The number of rotatable bonds is 10. The molecule has 0 unspecified atom stereocenters. The summed E-state index contributed by atoms with van der Waals surface area (Å²) >= 11 is 1.64. The lowest BCUT2D eigenvalue weighted by atomic mass is 10.1. The number of aliphatic carboxylic acids is 1. The zero-order chi connectivity index (χ0) is 23.0. The molecule has 2 heterocycles. The highest BCUT2D eigenvalue weighted by molar-refractivity contribution is 7.13. The SMILES string of the molecule is CCOc1nn(Cc2ccc(C=Cc3csc(-c4ccccc4)n3)cc2)cc1CCC(=O)O. The van der Waals surface area contributed by atoms with Crippen LogP contribution in [0.15, 0.2) is 66.2 Å². The highest BCUT2D eigenvalue weighted by Crippen LogP contribution is 2.24. The van der Waals surface area contributed by atoms with Gasteiger partial charge in [-0.3, -0.25) is 9.48 Å². The molecule has 2 aromatic heterocycles. The zero-order valence-corrected chi connectivity index (χ0v) is 19.2. The maximum atomic E-state index is 10.9. The molecule has 0 atom stereocenters. The predicted molar refractivity (Wildman–Crippen MR) is 131 cm³/mol. The van der Waals surface area contributed by atoms with Gasteiger partial charge in [0.25, 0.3) is 0 Å². The fraction of sp³-hybridized carbons (Fsp3) is 0.192. The smallest absolute Gasteiger partial charge is 0.303 e. The van der Waals surface area contributed by atoms with Gasteiger partial charge in [0.1, 0.15) is 5.01 Å². The van der Waals surface area contributed by atoms with Gasteiger partial charge in [-0.1, -0.05) is 60.7 Å². The number of aryl methyl sites for hydroxylation is 1. The highest BCUT2D eigenvalue weighted by Gasteiger charge is 2.12. The van der Waals surface area contributed by atoms with E-state index in [4.69, 9.17) is 14.8 Å². The van der Waals surface area contributed by atoms with E-state index in [1.165, 1.54) is 0 Å². The van der Waals surface area contributed by atoms with Crippen LogP contribution in [0.5, 0.6) is 5.88 Å². The molecule has 0 amide bonds. The molecule has 0 aliphatic rings. The summed E-state index contributed by atoms with van der Waals surface area (Å²) in [6.45, 7) is 2.97. The van der Waals surface area contributed by atoms with Gasteiger partial charge in [-0.15, -0.1) is 16.4 Å². The number of carboxylic acids is 1. The van der Waals surface area contributed by atoms with Crippen molar-refractivity contribution >= 4 is 29.5 Å². The summed E-state index contributed by atoms with van der Waals surface area (Å²) in [5, 5.41) is 16.5. The lowest BCUT2D eigenvalue weighted by Gasteiger charge is -2.03. The number of hydrogen-bond donors (Lipinski definition) is 1. The third-order valence-electron chi connectivity index (χ3n) is 5.00. The van der Waals surface area contributed by atoms with E-state index in [0.29, 0.717) is 25.5 Å². The van der Waals surface area contributed by atoms with Crippen molar-refractivity contribution < 1.29 is 14.6 Å². The van der Waals surface area contributed by atoms with Crippen molar-refractivity contribution in [2.75, 3.05) is 6.61 Å². The summed E-state index contributed by atoms with van der Waals surface area (Å²) in [6, 6.07) is 18.4. The van der Waals surface area contributed by atoms with Crippen molar-refractivity contribution in [2.45, 2.75) is 26.3 Å². The van der Waals surface area contributed by atoms with E-state index in [1.807, 2.05) is 37.4 Å². The van der Waals surface area contributed by atoms with Crippen molar-refractivity contribution in [2.24, 2.45) is 0 Å². The average Bonchev–Trinajstić information content (AvgIpc) is 3.45. The molecule has 6 nitrogen and oxygen atoms in total. The van der Waals surface area contributed by atoms with Gasteiger partial charge in [-0.2, -0.15) is 0 Å². The Balaban J connectivity index is 1.40. The predicted octanol–water partition coefficient (Wildman–Crippen LogP) is 5.64. The molecule has 0 bridgehead atoms. The maximum absolute atomic E-state index is 10.9. The minimum Gasteiger partial charge on any atom is -0.481 e. The fourth-order valence-electron chi connectivity index (χ4n) is 3.38. The summed E-state index contributed by atoms with van der Waals surface area (Å²) in [5.41, 5.74) is 5.07. The van der Waals surface area contributed by atoms with Crippen molar-refractivity contribution in [1.29, 1.82) is 0 Å². The van der Waals surface area contributed by atoms with Gasteiger partial charge >= 0.3 is 5.97 Å². The van der Waals surface area contributed by atoms with Crippen LogP contribution in [0.25, 0.3) is 22.7 Å². The van der Waals surface area contributed by atoms with Gasteiger partial charge in [0.15, 0.2) is 0 Å². The van der Waals surface area contributed by atoms with Gasteiger partial charge in [-0.05, 0) is 30.5 Å². The Bertz CT molecular complexity index is 1230.